The highest BCUT2D eigenvalue weighted by Crippen LogP contribution is 2.19. The Hall–Kier alpha value is -2.04. The Morgan fingerprint density at radius 2 is 1.00 bits per heavy atom. The van der Waals surface area contributed by atoms with Gasteiger partial charge in [0.05, 0.1) is 24.3 Å². The predicted molar refractivity (Wildman–Crippen MR) is 57.1 cm³/mol. The molecule has 4 heteroatoms. The van der Waals surface area contributed by atoms with Crippen molar-refractivity contribution in [3.63, 3.8) is 0 Å². The van der Waals surface area contributed by atoms with Crippen molar-refractivity contribution in [3.05, 3.63) is 0 Å². The lowest BCUT2D eigenvalue weighted by molar-refractivity contribution is 0.467. The highest BCUT2D eigenvalue weighted by molar-refractivity contribution is 4.90. The molecule has 4 nitrogen and oxygen atoms in total. The molecule has 0 amide bonds. The minimum absolute atomic E-state index is 0.141. The van der Waals surface area contributed by atoms with Gasteiger partial charge in [0.2, 0.25) is 0 Å². The van der Waals surface area contributed by atoms with Gasteiger partial charge < -0.3 is 0 Å². The minimum atomic E-state index is -0.141. The van der Waals surface area contributed by atoms with Crippen molar-refractivity contribution >= 4 is 0 Å². The minimum Gasteiger partial charge on any atom is -0.198 e. The van der Waals surface area contributed by atoms with Crippen molar-refractivity contribution in [3.8, 4) is 24.3 Å². The summed E-state index contributed by atoms with van der Waals surface area (Å²) in [6.07, 6.45) is 3.19. The summed E-state index contributed by atoms with van der Waals surface area (Å²) in [6.45, 7) is 0. The summed E-state index contributed by atoms with van der Waals surface area (Å²) in [5.74, 6) is -0.282. The molecule has 0 fully saturated rings. The van der Waals surface area contributed by atoms with E-state index in [9.17, 15) is 0 Å². The third-order valence-electron chi connectivity index (χ3n) is 2.44. The Labute approximate surface area is 96.3 Å². The molecule has 2 atom stereocenters. The smallest absolute Gasteiger partial charge is 0.0656 e. The van der Waals surface area contributed by atoms with Crippen LogP contribution in [0.2, 0.25) is 0 Å². The average molecular weight is 214 g/mol. The highest BCUT2D eigenvalue weighted by atomic mass is 14.3. The van der Waals surface area contributed by atoms with Crippen LogP contribution in [0.5, 0.6) is 0 Å². The second kappa shape index (κ2) is 9.51. The first-order valence-electron chi connectivity index (χ1n) is 5.31. The largest absolute Gasteiger partial charge is 0.198 e. The second-order valence-corrected chi connectivity index (χ2v) is 3.62. The molecule has 0 N–H and O–H groups in total. The van der Waals surface area contributed by atoms with Crippen LogP contribution < -0.4 is 0 Å². The molecule has 0 saturated heterocycles. The van der Waals surface area contributed by atoms with Gasteiger partial charge in [0, 0.05) is 24.7 Å². The Morgan fingerprint density at radius 3 is 1.25 bits per heavy atom. The van der Waals surface area contributed by atoms with E-state index in [1.807, 2.05) is 12.1 Å². The SMILES string of the molecule is N#CCCC(C#N)CCC(C#N)CCC#N. The highest BCUT2D eigenvalue weighted by Gasteiger charge is 2.12. The fourth-order valence-corrected chi connectivity index (χ4v) is 1.43. The number of nitriles is 4. The lowest BCUT2D eigenvalue weighted by atomic mass is 9.92. The fourth-order valence-electron chi connectivity index (χ4n) is 1.43. The van der Waals surface area contributed by atoms with Gasteiger partial charge in [-0.15, -0.1) is 0 Å². The van der Waals surface area contributed by atoms with Gasteiger partial charge in [-0.2, -0.15) is 21.0 Å². The molecule has 0 spiro atoms. The lowest BCUT2D eigenvalue weighted by Gasteiger charge is -2.09. The average Bonchev–Trinajstić information content (AvgIpc) is 2.33. The van der Waals surface area contributed by atoms with E-state index >= 15 is 0 Å². The molecule has 82 valence electrons. The van der Waals surface area contributed by atoms with Crippen LogP contribution >= 0.6 is 0 Å². The van der Waals surface area contributed by atoms with Gasteiger partial charge >= 0.3 is 0 Å². The van der Waals surface area contributed by atoms with Gasteiger partial charge in [0.25, 0.3) is 0 Å². The van der Waals surface area contributed by atoms with Crippen molar-refractivity contribution in [1.82, 2.24) is 0 Å². The van der Waals surface area contributed by atoms with Gasteiger partial charge in [0.15, 0.2) is 0 Å². The number of nitrogens with zero attached hydrogens (tertiary/aromatic N) is 4. The van der Waals surface area contributed by atoms with Crippen LogP contribution in [0.15, 0.2) is 0 Å². The third kappa shape index (κ3) is 6.42. The zero-order valence-electron chi connectivity index (χ0n) is 9.19. The first-order valence-corrected chi connectivity index (χ1v) is 5.31. The van der Waals surface area contributed by atoms with Crippen molar-refractivity contribution in [1.29, 1.82) is 21.0 Å². The van der Waals surface area contributed by atoms with Crippen LogP contribution in [0.3, 0.4) is 0 Å². The van der Waals surface area contributed by atoms with Crippen LogP contribution in [-0.4, -0.2) is 0 Å². The van der Waals surface area contributed by atoms with Crippen LogP contribution in [-0.2, 0) is 0 Å². The number of rotatable bonds is 7. The monoisotopic (exact) mass is 214 g/mol. The number of hydrogen-bond acceptors (Lipinski definition) is 4. The van der Waals surface area contributed by atoms with Gasteiger partial charge in [-0.1, -0.05) is 0 Å². The van der Waals surface area contributed by atoms with Crippen molar-refractivity contribution in [2.24, 2.45) is 11.8 Å². The molecular formula is C12H14N4. The topological polar surface area (TPSA) is 95.2 Å². The molecule has 0 bridgehead atoms. The first kappa shape index (κ1) is 14.0. The fraction of sp³-hybridized carbons (Fsp3) is 0.667. The van der Waals surface area contributed by atoms with E-state index in [4.69, 9.17) is 21.0 Å². The van der Waals surface area contributed by atoms with Crippen LogP contribution in [0.1, 0.15) is 38.5 Å². The summed E-state index contributed by atoms with van der Waals surface area (Å²) in [7, 11) is 0. The van der Waals surface area contributed by atoms with E-state index in [0.29, 0.717) is 38.5 Å². The molecule has 16 heavy (non-hydrogen) atoms. The Morgan fingerprint density at radius 1 is 0.625 bits per heavy atom. The molecule has 0 aromatic rings. The summed E-state index contributed by atoms with van der Waals surface area (Å²) in [4.78, 5) is 0. The van der Waals surface area contributed by atoms with Crippen molar-refractivity contribution < 1.29 is 0 Å². The normalized spacial score (nSPS) is 12.5. The summed E-state index contributed by atoms with van der Waals surface area (Å²) in [5.41, 5.74) is 0. The molecule has 0 saturated carbocycles. The maximum atomic E-state index is 8.82. The van der Waals surface area contributed by atoms with E-state index in [1.165, 1.54) is 0 Å². The van der Waals surface area contributed by atoms with E-state index in [0.717, 1.165) is 0 Å². The van der Waals surface area contributed by atoms with E-state index in [-0.39, 0.29) is 11.8 Å². The lowest BCUT2D eigenvalue weighted by Crippen LogP contribution is -2.03. The van der Waals surface area contributed by atoms with Crippen molar-refractivity contribution in [2.75, 3.05) is 0 Å². The Kier molecular flexibility index (Phi) is 8.30. The molecule has 0 aliphatic carbocycles. The predicted octanol–water partition coefficient (Wildman–Crippen LogP) is 2.65. The van der Waals surface area contributed by atoms with Gasteiger partial charge in [-0.3, -0.25) is 0 Å². The zero-order chi connectivity index (χ0) is 12.2. The first-order chi connectivity index (χ1) is 7.78. The third-order valence-corrected chi connectivity index (χ3v) is 2.44. The van der Waals surface area contributed by atoms with Gasteiger partial charge in [-0.25, -0.2) is 0 Å². The zero-order valence-corrected chi connectivity index (χ0v) is 9.19. The van der Waals surface area contributed by atoms with E-state index in [1.54, 1.807) is 0 Å². The molecule has 2 unspecified atom stereocenters. The van der Waals surface area contributed by atoms with Gasteiger partial charge in [0.1, 0.15) is 0 Å². The quantitative estimate of drug-likeness (QED) is 0.650. The summed E-state index contributed by atoms with van der Waals surface area (Å²) >= 11 is 0. The van der Waals surface area contributed by atoms with Crippen LogP contribution in [0, 0.1) is 57.2 Å². The molecule has 0 radical (unpaired) electrons. The molecule has 0 rings (SSSR count). The Bertz CT molecular complexity index is 311. The second-order valence-electron chi connectivity index (χ2n) is 3.62. The van der Waals surface area contributed by atoms with E-state index in [2.05, 4.69) is 12.1 Å². The molecule has 0 aromatic carbocycles. The summed E-state index contributed by atoms with van der Waals surface area (Å²) in [5, 5.41) is 34.4. The standard InChI is InChI=1S/C12H14N4/c13-7-1-3-11(9-15)5-6-12(10-16)4-2-8-14/h11-12H,1-6H2. The summed E-state index contributed by atoms with van der Waals surface area (Å²) < 4.78 is 0. The van der Waals surface area contributed by atoms with Crippen molar-refractivity contribution in [2.45, 2.75) is 38.5 Å². The van der Waals surface area contributed by atoms with E-state index < -0.39 is 0 Å². The summed E-state index contributed by atoms with van der Waals surface area (Å²) in [6, 6.07) is 8.31. The van der Waals surface area contributed by atoms with Crippen LogP contribution in [0.25, 0.3) is 0 Å². The Balaban J connectivity index is 3.92. The molecule has 0 aliphatic heterocycles. The molecule has 0 aliphatic rings. The number of hydrogen-bond donors (Lipinski definition) is 0. The molecular weight excluding hydrogens is 200 g/mol. The van der Waals surface area contributed by atoms with Gasteiger partial charge in [-0.05, 0) is 25.7 Å². The maximum absolute atomic E-state index is 8.82. The molecule has 0 heterocycles. The van der Waals surface area contributed by atoms with Crippen LogP contribution in [0.4, 0.5) is 0 Å². The molecule has 0 aromatic heterocycles. The maximum Gasteiger partial charge on any atom is 0.0656 e.